The Hall–Kier alpha value is -1.88. The fourth-order valence-electron chi connectivity index (χ4n) is 2.18. The summed E-state index contributed by atoms with van der Waals surface area (Å²) in [4.78, 5) is 18.3. The minimum atomic E-state index is -0.887. The molecular weight excluding hydrogens is 284 g/mol. The molecule has 0 atom stereocenters. The molecule has 0 amide bonds. The van der Waals surface area contributed by atoms with Crippen molar-refractivity contribution in [3.05, 3.63) is 40.4 Å². The number of aromatic nitrogens is 1. The van der Waals surface area contributed by atoms with E-state index in [2.05, 4.69) is 22.0 Å². The lowest BCUT2D eigenvalue weighted by Crippen LogP contribution is -2.15. The van der Waals surface area contributed by atoms with Gasteiger partial charge >= 0.3 is 5.97 Å². The van der Waals surface area contributed by atoms with Gasteiger partial charge in [0.15, 0.2) is 5.13 Å². The average molecular weight is 304 g/mol. The summed E-state index contributed by atoms with van der Waals surface area (Å²) < 4.78 is 0. The zero-order chi connectivity index (χ0) is 15.4. The lowest BCUT2D eigenvalue weighted by atomic mass is 10.2. The van der Waals surface area contributed by atoms with Gasteiger partial charge in [0.1, 0.15) is 4.88 Å². The zero-order valence-corrected chi connectivity index (χ0v) is 13.4. The van der Waals surface area contributed by atoms with Crippen LogP contribution in [0, 0.1) is 6.92 Å². The van der Waals surface area contributed by atoms with E-state index >= 15 is 0 Å². The number of carbonyl (C=O) groups is 1. The summed E-state index contributed by atoms with van der Waals surface area (Å²) >= 11 is 1.25. The van der Waals surface area contributed by atoms with Crippen molar-refractivity contribution < 1.29 is 9.90 Å². The molecule has 1 aromatic heterocycles. The SMILES string of the molecule is CCCc1nc(N(CC)c2ccc(C)cc2)sc1C(=O)O. The van der Waals surface area contributed by atoms with Crippen LogP contribution in [0.25, 0.3) is 0 Å². The molecule has 5 heteroatoms. The summed E-state index contributed by atoms with van der Waals surface area (Å²) in [6.07, 6.45) is 1.59. The largest absolute Gasteiger partial charge is 0.477 e. The van der Waals surface area contributed by atoms with Gasteiger partial charge in [0.25, 0.3) is 0 Å². The molecule has 21 heavy (non-hydrogen) atoms. The first-order valence-corrected chi connectivity index (χ1v) is 7.95. The van der Waals surface area contributed by atoms with Gasteiger partial charge in [0.05, 0.1) is 5.69 Å². The van der Waals surface area contributed by atoms with Crippen LogP contribution >= 0.6 is 11.3 Å². The average Bonchev–Trinajstić information content (AvgIpc) is 2.86. The lowest BCUT2D eigenvalue weighted by Gasteiger charge is -2.20. The highest BCUT2D eigenvalue weighted by atomic mass is 32.1. The molecule has 2 rings (SSSR count). The number of benzene rings is 1. The highest BCUT2D eigenvalue weighted by Gasteiger charge is 2.20. The molecule has 0 fully saturated rings. The van der Waals surface area contributed by atoms with Gasteiger partial charge in [-0.05, 0) is 32.4 Å². The van der Waals surface area contributed by atoms with E-state index in [0.29, 0.717) is 17.0 Å². The number of thiazole rings is 1. The number of rotatable bonds is 6. The molecule has 1 aromatic carbocycles. The maximum atomic E-state index is 11.4. The van der Waals surface area contributed by atoms with Gasteiger partial charge in [-0.15, -0.1) is 0 Å². The Morgan fingerprint density at radius 2 is 1.95 bits per heavy atom. The number of hydrogen-bond donors (Lipinski definition) is 1. The minimum absolute atomic E-state index is 0.359. The summed E-state index contributed by atoms with van der Waals surface area (Å²) in [6.45, 7) is 6.87. The van der Waals surface area contributed by atoms with Crippen molar-refractivity contribution in [2.75, 3.05) is 11.4 Å². The lowest BCUT2D eigenvalue weighted by molar-refractivity contribution is 0.0700. The van der Waals surface area contributed by atoms with Crippen LogP contribution in [0.5, 0.6) is 0 Å². The van der Waals surface area contributed by atoms with E-state index in [-0.39, 0.29) is 0 Å². The van der Waals surface area contributed by atoms with Crippen LogP contribution < -0.4 is 4.90 Å². The van der Waals surface area contributed by atoms with Crippen molar-refractivity contribution in [3.63, 3.8) is 0 Å². The van der Waals surface area contributed by atoms with E-state index in [1.807, 2.05) is 32.9 Å². The second-order valence-electron chi connectivity index (χ2n) is 4.91. The normalized spacial score (nSPS) is 10.6. The van der Waals surface area contributed by atoms with E-state index in [1.165, 1.54) is 16.9 Å². The Labute approximate surface area is 129 Å². The molecule has 0 radical (unpaired) electrons. The van der Waals surface area contributed by atoms with Crippen molar-refractivity contribution in [1.29, 1.82) is 0 Å². The fourth-order valence-corrected chi connectivity index (χ4v) is 3.22. The van der Waals surface area contributed by atoms with E-state index in [1.54, 1.807) is 0 Å². The van der Waals surface area contributed by atoms with Gasteiger partial charge < -0.3 is 10.0 Å². The fraction of sp³-hybridized carbons (Fsp3) is 0.375. The molecule has 112 valence electrons. The van der Waals surface area contributed by atoms with E-state index in [4.69, 9.17) is 0 Å². The highest BCUT2D eigenvalue weighted by molar-refractivity contribution is 7.17. The highest BCUT2D eigenvalue weighted by Crippen LogP contribution is 2.32. The second-order valence-corrected chi connectivity index (χ2v) is 5.88. The van der Waals surface area contributed by atoms with Crippen LogP contribution in [0.3, 0.4) is 0 Å². The molecule has 0 spiro atoms. The van der Waals surface area contributed by atoms with Crippen molar-refractivity contribution in [2.45, 2.75) is 33.6 Å². The molecule has 0 aliphatic carbocycles. The molecule has 0 aliphatic rings. The first kappa shape index (κ1) is 15.5. The van der Waals surface area contributed by atoms with Crippen LogP contribution in [0.1, 0.15) is 41.2 Å². The summed E-state index contributed by atoms with van der Waals surface area (Å²) in [6, 6.07) is 8.19. The van der Waals surface area contributed by atoms with Gasteiger partial charge in [0.2, 0.25) is 0 Å². The van der Waals surface area contributed by atoms with Crippen LogP contribution in [-0.4, -0.2) is 22.6 Å². The first-order chi connectivity index (χ1) is 10.1. The van der Waals surface area contributed by atoms with Crippen molar-refractivity contribution in [3.8, 4) is 0 Å². The quantitative estimate of drug-likeness (QED) is 0.866. The van der Waals surface area contributed by atoms with Crippen LogP contribution in [0.15, 0.2) is 24.3 Å². The Morgan fingerprint density at radius 1 is 1.29 bits per heavy atom. The number of anilines is 2. The molecule has 0 unspecified atom stereocenters. The van der Waals surface area contributed by atoms with Crippen molar-refractivity contribution in [1.82, 2.24) is 4.98 Å². The molecule has 2 aromatic rings. The summed E-state index contributed by atoms with van der Waals surface area (Å²) in [7, 11) is 0. The molecule has 1 N–H and O–H groups in total. The Morgan fingerprint density at radius 3 is 2.48 bits per heavy atom. The second kappa shape index (κ2) is 6.72. The van der Waals surface area contributed by atoms with Gasteiger partial charge in [-0.25, -0.2) is 9.78 Å². The predicted molar refractivity (Wildman–Crippen MR) is 86.9 cm³/mol. The maximum absolute atomic E-state index is 11.4. The Balaban J connectivity index is 2.40. The number of carboxylic acids is 1. The third-order valence-corrected chi connectivity index (χ3v) is 4.37. The molecule has 0 bridgehead atoms. The molecule has 1 heterocycles. The van der Waals surface area contributed by atoms with Crippen LogP contribution in [0.4, 0.5) is 10.8 Å². The smallest absolute Gasteiger partial charge is 0.347 e. The molecule has 0 aliphatic heterocycles. The van der Waals surface area contributed by atoms with Gasteiger partial charge in [-0.1, -0.05) is 42.4 Å². The number of carboxylic acid groups (broad SMARTS) is 1. The Bertz CT molecular complexity index is 620. The summed E-state index contributed by atoms with van der Waals surface area (Å²) in [5, 5.41) is 10.1. The van der Waals surface area contributed by atoms with Gasteiger partial charge in [0, 0.05) is 12.2 Å². The number of aromatic carboxylic acids is 1. The van der Waals surface area contributed by atoms with Crippen molar-refractivity contribution in [2.24, 2.45) is 0 Å². The molecule has 0 saturated heterocycles. The minimum Gasteiger partial charge on any atom is -0.477 e. The summed E-state index contributed by atoms with van der Waals surface area (Å²) in [5.74, 6) is -0.887. The van der Waals surface area contributed by atoms with E-state index in [9.17, 15) is 9.90 Å². The first-order valence-electron chi connectivity index (χ1n) is 7.14. The zero-order valence-electron chi connectivity index (χ0n) is 12.6. The molecule has 0 saturated carbocycles. The maximum Gasteiger partial charge on any atom is 0.347 e. The number of hydrogen-bond acceptors (Lipinski definition) is 4. The number of nitrogens with zero attached hydrogens (tertiary/aromatic N) is 2. The van der Waals surface area contributed by atoms with E-state index < -0.39 is 5.97 Å². The number of aryl methyl sites for hydroxylation is 2. The molecule has 4 nitrogen and oxygen atoms in total. The topological polar surface area (TPSA) is 53.4 Å². The Kier molecular flexibility index (Phi) is 4.96. The van der Waals surface area contributed by atoms with Crippen molar-refractivity contribution >= 4 is 28.1 Å². The third kappa shape index (κ3) is 3.42. The molecular formula is C16H20N2O2S. The predicted octanol–water partition coefficient (Wildman–Crippen LogP) is 4.26. The van der Waals surface area contributed by atoms with Crippen LogP contribution in [0.2, 0.25) is 0 Å². The van der Waals surface area contributed by atoms with Gasteiger partial charge in [-0.2, -0.15) is 0 Å². The van der Waals surface area contributed by atoms with Crippen LogP contribution in [-0.2, 0) is 6.42 Å². The van der Waals surface area contributed by atoms with E-state index in [0.717, 1.165) is 23.8 Å². The standard InChI is InChI=1S/C16H20N2O2S/c1-4-6-13-14(15(19)20)21-16(17-13)18(5-2)12-9-7-11(3)8-10-12/h7-10H,4-6H2,1-3H3,(H,19,20). The summed E-state index contributed by atoms with van der Waals surface area (Å²) in [5.41, 5.74) is 2.93. The third-order valence-electron chi connectivity index (χ3n) is 3.26. The van der Waals surface area contributed by atoms with Gasteiger partial charge in [-0.3, -0.25) is 0 Å². The monoisotopic (exact) mass is 304 g/mol.